The number of carbonyl (C=O) groups excluding carboxylic acids is 1. The van der Waals surface area contributed by atoms with E-state index in [1.165, 1.54) is 31.2 Å². The van der Waals surface area contributed by atoms with Crippen molar-refractivity contribution in [2.24, 2.45) is 0 Å². The molecule has 0 unspecified atom stereocenters. The lowest BCUT2D eigenvalue weighted by Gasteiger charge is -2.13. The molecule has 0 heterocycles. The molecule has 122 valence electrons. The number of benzene rings is 2. The standard InChI is InChI=1S/C14H11Cl2FN2O3S/c1-8(20)18-13-5-2-9(17)6-14(13)19-23(21,22)10-3-4-11(15)12(16)7-10/h2-7,19H,1H3,(H,18,20). The van der Waals surface area contributed by atoms with Gasteiger partial charge in [-0.25, -0.2) is 12.8 Å². The Balaban J connectivity index is 2.42. The third-order valence-corrected chi connectivity index (χ3v) is 4.84. The van der Waals surface area contributed by atoms with Crippen molar-refractivity contribution in [3.05, 3.63) is 52.3 Å². The first-order valence-corrected chi connectivity index (χ1v) is 8.48. The zero-order valence-corrected chi connectivity index (χ0v) is 14.1. The monoisotopic (exact) mass is 376 g/mol. The Morgan fingerprint density at radius 2 is 1.74 bits per heavy atom. The van der Waals surface area contributed by atoms with E-state index >= 15 is 0 Å². The fourth-order valence-electron chi connectivity index (χ4n) is 1.75. The summed E-state index contributed by atoms with van der Waals surface area (Å²) in [5.74, 6) is -1.09. The van der Waals surface area contributed by atoms with Gasteiger partial charge in [0.05, 0.1) is 26.3 Å². The maximum absolute atomic E-state index is 13.4. The van der Waals surface area contributed by atoms with Crippen LogP contribution in [-0.2, 0) is 14.8 Å². The van der Waals surface area contributed by atoms with Crippen molar-refractivity contribution in [3.63, 3.8) is 0 Å². The molecule has 5 nitrogen and oxygen atoms in total. The Kier molecular flexibility index (Phi) is 5.13. The molecule has 0 spiro atoms. The molecule has 9 heteroatoms. The highest BCUT2D eigenvalue weighted by atomic mass is 35.5. The quantitative estimate of drug-likeness (QED) is 0.849. The van der Waals surface area contributed by atoms with E-state index in [9.17, 15) is 17.6 Å². The Bertz CT molecular complexity index is 872. The van der Waals surface area contributed by atoms with E-state index < -0.39 is 21.7 Å². The number of rotatable bonds is 4. The Morgan fingerprint density at radius 1 is 1.04 bits per heavy atom. The van der Waals surface area contributed by atoms with Gasteiger partial charge in [0.15, 0.2) is 0 Å². The molecular weight excluding hydrogens is 366 g/mol. The second-order valence-corrected chi connectivity index (χ2v) is 7.05. The van der Waals surface area contributed by atoms with E-state index in [-0.39, 0.29) is 26.3 Å². The molecule has 0 saturated heterocycles. The zero-order chi connectivity index (χ0) is 17.2. The summed E-state index contributed by atoms with van der Waals surface area (Å²) in [6, 6.07) is 7.07. The van der Waals surface area contributed by atoms with Crippen molar-refractivity contribution < 1.29 is 17.6 Å². The highest BCUT2D eigenvalue weighted by molar-refractivity contribution is 7.92. The van der Waals surface area contributed by atoms with Gasteiger partial charge in [0.1, 0.15) is 5.82 Å². The minimum atomic E-state index is -4.04. The second-order valence-electron chi connectivity index (χ2n) is 4.55. The van der Waals surface area contributed by atoms with Crippen LogP contribution in [0.25, 0.3) is 0 Å². The highest BCUT2D eigenvalue weighted by Gasteiger charge is 2.18. The smallest absolute Gasteiger partial charge is 0.262 e. The predicted molar refractivity (Wildman–Crippen MR) is 88.0 cm³/mol. The molecule has 0 aliphatic carbocycles. The summed E-state index contributed by atoms with van der Waals surface area (Å²) in [6.07, 6.45) is 0. The first-order valence-electron chi connectivity index (χ1n) is 6.24. The van der Waals surface area contributed by atoms with Gasteiger partial charge in [-0.15, -0.1) is 0 Å². The normalized spacial score (nSPS) is 11.1. The molecule has 0 fully saturated rings. The fourth-order valence-corrected chi connectivity index (χ4v) is 3.21. The second kappa shape index (κ2) is 6.74. The summed E-state index contributed by atoms with van der Waals surface area (Å²) >= 11 is 11.6. The number of halogens is 3. The van der Waals surface area contributed by atoms with Crippen molar-refractivity contribution in [1.29, 1.82) is 0 Å². The number of hydrogen-bond donors (Lipinski definition) is 2. The van der Waals surface area contributed by atoms with E-state index in [1.807, 2.05) is 0 Å². The Morgan fingerprint density at radius 3 is 2.35 bits per heavy atom. The van der Waals surface area contributed by atoms with Gasteiger partial charge in [-0.1, -0.05) is 23.2 Å². The molecule has 0 aliphatic rings. The van der Waals surface area contributed by atoms with E-state index in [2.05, 4.69) is 10.0 Å². The summed E-state index contributed by atoms with van der Waals surface area (Å²) in [4.78, 5) is 11.0. The third-order valence-electron chi connectivity index (χ3n) is 2.74. The van der Waals surface area contributed by atoms with Gasteiger partial charge in [-0.3, -0.25) is 9.52 Å². The van der Waals surface area contributed by atoms with E-state index in [1.54, 1.807) is 0 Å². The first-order chi connectivity index (χ1) is 10.7. The lowest BCUT2D eigenvalue weighted by Crippen LogP contribution is -2.16. The largest absolute Gasteiger partial charge is 0.325 e. The molecule has 2 N–H and O–H groups in total. The maximum atomic E-state index is 13.4. The minimum Gasteiger partial charge on any atom is -0.325 e. The van der Waals surface area contributed by atoms with Crippen LogP contribution >= 0.6 is 23.2 Å². The Hall–Kier alpha value is -1.83. The van der Waals surface area contributed by atoms with Crippen molar-refractivity contribution in [3.8, 4) is 0 Å². The average molecular weight is 377 g/mol. The number of nitrogens with one attached hydrogen (secondary N) is 2. The lowest BCUT2D eigenvalue weighted by atomic mass is 10.2. The summed E-state index contributed by atoms with van der Waals surface area (Å²) in [7, 11) is -4.04. The van der Waals surface area contributed by atoms with Crippen LogP contribution in [-0.4, -0.2) is 14.3 Å². The zero-order valence-electron chi connectivity index (χ0n) is 11.7. The van der Waals surface area contributed by atoms with Crippen molar-refractivity contribution >= 4 is 50.5 Å². The molecule has 0 saturated carbocycles. The molecule has 23 heavy (non-hydrogen) atoms. The first kappa shape index (κ1) is 17.5. The van der Waals surface area contributed by atoms with Crippen LogP contribution in [0.3, 0.4) is 0 Å². The summed E-state index contributed by atoms with van der Waals surface area (Å²) in [5, 5.41) is 2.69. The topological polar surface area (TPSA) is 75.3 Å². The van der Waals surface area contributed by atoms with Gasteiger partial charge in [-0.2, -0.15) is 0 Å². The summed E-state index contributed by atoms with van der Waals surface area (Å²) in [6.45, 7) is 1.25. The maximum Gasteiger partial charge on any atom is 0.262 e. The highest BCUT2D eigenvalue weighted by Crippen LogP contribution is 2.28. The molecule has 1 amide bonds. The molecule has 0 aromatic heterocycles. The number of carbonyl (C=O) groups is 1. The Labute approximate surface area is 142 Å². The summed E-state index contributed by atoms with van der Waals surface area (Å²) in [5.41, 5.74) is 0.0220. The molecule has 0 radical (unpaired) electrons. The van der Waals surface area contributed by atoms with Crippen molar-refractivity contribution in [1.82, 2.24) is 0 Å². The predicted octanol–water partition coefficient (Wildman–Crippen LogP) is 3.89. The lowest BCUT2D eigenvalue weighted by molar-refractivity contribution is -0.114. The van der Waals surface area contributed by atoms with E-state index in [0.717, 1.165) is 12.1 Å². The molecular formula is C14H11Cl2FN2O3S. The van der Waals surface area contributed by atoms with Gasteiger partial charge in [0.25, 0.3) is 10.0 Å². The van der Waals surface area contributed by atoms with Gasteiger partial charge in [0, 0.05) is 13.0 Å². The number of amides is 1. The van der Waals surface area contributed by atoms with Gasteiger partial charge in [-0.05, 0) is 30.3 Å². The van der Waals surface area contributed by atoms with Crippen LogP contribution < -0.4 is 10.0 Å². The van der Waals surface area contributed by atoms with Crippen LogP contribution in [0.4, 0.5) is 15.8 Å². The minimum absolute atomic E-state index is 0.0656. The molecule has 2 aromatic carbocycles. The van der Waals surface area contributed by atoms with E-state index in [4.69, 9.17) is 23.2 Å². The number of hydrogen-bond acceptors (Lipinski definition) is 3. The number of sulfonamides is 1. The van der Waals surface area contributed by atoms with E-state index in [0.29, 0.717) is 0 Å². The molecule has 2 rings (SSSR count). The van der Waals surface area contributed by atoms with Gasteiger partial charge in [0.2, 0.25) is 5.91 Å². The summed E-state index contributed by atoms with van der Waals surface area (Å²) < 4.78 is 40.3. The molecule has 0 atom stereocenters. The molecule has 0 aliphatic heterocycles. The SMILES string of the molecule is CC(=O)Nc1ccc(F)cc1NS(=O)(=O)c1ccc(Cl)c(Cl)c1. The third kappa shape index (κ3) is 4.34. The van der Waals surface area contributed by atoms with Crippen LogP contribution in [0.1, 0.15) is 6.92 Å². The van der Waals surface area contributed by atoms with Gasteiger partial charge < -0.3 is 5.32 Å². The molecule has 2 aromatic rings. The van der Waals surface area contributed by atoms with Crippen molar-refractivity contribution in [2.75, 3.05) is 10.0 Å². The van der Waals surface area contributed by atoms with Crippen LogP contribution in [0, 0.1) is 5.82 Å². The van der Waals surface area contributed by atoms with Gasteiger partial charge >= 0.3 is 0 Å². The number of anilines is 2. The average Bonchev–Trinajstić information content (AvgIpc) is 2.44. The fraction of sp³-hybridized carbons (Fsp3) is 0.0714. The molecule has 0 bridgehead atoms. The van der Waals surface area contributed by atoms with Crippen molar-refractivity contribution in [2.45, 2.75) is 11.8 Å². The van der Waals surface area contributed by atoms with Crippen LogP contribution in [0.2, 0.25) is 10.0 Å². The van der Waals surface area contributed by atoms with Crippen LogP contribution in [0.5, 0.6) is 0 Å². The van der Waals surface area contributed by atoms with Crippen LogP contribution in [0.15, 0.2) is 41.3 Å².